The fraction of sp³-hybridized carbons (Fsp3) is 0.500. The average molecular weight is 335 g/mol. The molecule has 0 bridgehead atoms. The Labute approximate surface area is 139 Å². The fourth-order valence-electron chi connectivity index (χ4n) is 2.97. The van der Waals surface area contributed by atoms with Gasteiger partial charge in [0.25, 0.3) is 5.69 Å². The summed E-state index contributed by atoms with van der Waals surface area (Å²) in [6.07, 6.45) is 3.45. The van der Waals surface area contributed by atoms with Gasteiger partial charge in [-0.3, -0.25) is 14.9 Å². The summed E-state index contributed by atoms with van der Waals surface area (Å²) in [5, 5.41) is 25.9. The Bertz CT molecular complexity index is 626. The number of rotatable bonds is 7. The first-order chi connectivity index (χ1) is 11.4. The molecule has 0 atom stereocenters. The number of hydrogen-bond donors (Lipinski definition) is 3. The van der Waals surface area contributed by atoms with Crippen LogP contribution >= 0.6 is 0 Å². The van der Waals surface area contributed by atoms with Crippen LogP contribution in [0.2, 0.25) is 0 Å². The minimum Gasteiger partial charge on any atom is -0.480 e. The Morgan fingerprint density at radius 1 is 1.21 bits per heavy atom. The van der Waals surface area contributed by atoms with Gasteiger partial charge in [-0.25, -0.2) is 4.79 Å². The standard InChI is InChI=1S/C16H21N3O5/c20-14(18-16(15(21)22)9-4-1-5-10-16)8-11-17-12-6-2-3-7-13(12)19(23)24/h2-3,6-7,17H,1,4-5,8-11H2,(H,18,20)(H,21,22). The minimum absolute atomic E-state index is 0.0427. The van der Waals surface area contributed by atoms with Crippen molar-refractivity contribution in [2.75, 3.05) is 11.9 Å². The van der Waals surface area contributed by atoms with E-state index < -0.39 is 16.4 Å². The Morgan fingerprint density at radius 2 is 1.88 bits per heavy atom. The largest absolute Gasteiger partial charge is 0.480 e. The number of nitrogens with one attached hydrogen (secondary N) is 2. The molecule has 0 saturated heterocycles. The molecule has 1 aromatic rings. The van der Waals surface area contributed by atoms with Crippen LogP contribution in [-0.4, -0.2) is 34.0 Å². The van der Waals surface area contributed by atoms with Crippen molar-refractivity contribution in [3.8, 4) is 0 Å². The van der Waals surface area contributed by atoms with Gasteiger partial charge in [-0.15, -0.1) is 0 Å². The Hall–Kier alpha value is -2.64. The number of carboxylic acids is 1. The third-order valence-electron chi connectivity index (χ3n) is 4.26. The molecule has 1 saturated carbocycles. The highest BCUT2D eigenvalue weighted by molar-refractivity contribution is 5.87. The van der Waals surface area contributed by atoms with Crippen molar-refractivity contribution >= 4 is 23.3 Å². The highest BCUT2D eigenvalue weighted by Gasteiger charge is 2.40. The second-order valence-electron chi connectivity index (χ2n) is 5.95. The Balaban J connectivity index is 1.89. The number of nitro groups is 1. The molecule has 2 rings (SSSR count). The molecule has 8 heteroatoms. The van der Waals surface area contributed by atoms with Gasteiger partial charge >= 0.3 is 5.97 Å². The number of carbonyl (C=O) groups excluding carboxylic acids is 1. The maximum atomic E-state index is 12.1. The second-order valence-corrected chi connectivity index (χ2v) is 5.95. The molecule has 1 aliphatic carbocycles. The zero-order chi connectivity index (χ0) is 17.6. The van der Waals surface area contributed by atoms with Crippen molar-refractivity contribution in [3.63, 3.8) is 0 Å². The van der Waals surface area contributed by atoms with Gasteiger partial charge in [0.2, 0.25) is 5.91 Å². The summed E-state index contributed by atoms with van der Waals surface area (Å²) >= 11 is 0. The Kier molecular flexibility index (Phi) is 5.73. The topological polar surface area (TPSA) is 122 Å². The van der Waals surface area contributed by atoms with Crippen LogP contribution in [0.5, 0.6) is 0 Å². The number of aliphatic carboxylic acids is 1. The van der Waals surface area contributed by atoms with E-state index in [-0.39, 0.29) is 24.6 Å². The molecule has 1 aliphatic rings. The Morgan fingerprint density at radius 3 is 2.50 bits per heavy atom. The van der Waals surface area contributed by atoms with Gasteiger partial charge in [0.1, 0.15) is 11.2 Å². The first kappa shape index (κ1) is 17.7. The van der Waals surface area contributed by atoms with E-state index in [1.54, 1.807) is 18.2 Å². The highest BCUT2D eigenvalue weighted by Crippen LogP contribution is 2.28. The van der Waals surface area contributed by atoms with Crippen molar-refractivity contribution in [3.05, 3.63) is 34.4 Å². The maximum absolute atomic E-state index is 12.1. The molecule has 24 heavy (non-hydrogen) atoms. The first-order valence-corrected chi connectivity index (χ1v) is 7.96. The van der Waals surface area contributed by atoms with Gasteiger partial charge in [0.05, 0.1) is 4.92 Å². The van der Waals surface area contributed by atoms with Crippen LogP contribution in [0, 0.1) is 10.1 Å². The molecule has 1 fully saturated rings. The molecule has 0 aromatic heterocycles. The molecule has 0 spiro atoms. The van der Waals surface area contributed by atoms with E-state index in [1.807, 2.05) is 0 Å². The molecule has 0 heterocycles. The molecule has 0 aliphatic heterocycles. The maximum Gasteiger partial charge on any atom is 0.329 e. The summed E-state index contributed by atoms with van der Waals surface area (Å²) in [7, 11) is 0. The average Bonchev–Trinajstić information content (AvgIpc) is 2.55. The van der Waals surface area contributed by atoms with Crippen molar-refractivity contribution in [1.29, 1.82) is 0 Å². The second kappa shape index (κ2) is 7.76. The number of nitrogens with zero attached hydrogens (tertiary/aromatic N) is 1. The monoisotopic (exact) mass is 335 g/mol. The van der Waals surface area contributed by atoms with Crippen LogP contribution in [0.15, 0.2) is 24.3 Å². The molecule has 130 valence electrons. The lowest BCUT2D eigenvalue weighted by atomic mass is 9.81. The van der Waals surface area contributed by atoms with Crippen LogP contribution in [-0.2, 0) is 9.59 Å². The smallest absolute Gasteiger partial charge is 0.329 e. The van der Waals surface area contributed by atoms with E-state index in [0.29, 0.717) is 18.5 Å². The number of amides is 1. The summed E-state index contributed by atoms with van der Waals surface area (Å²) in [5.74, 6) is -1.37. The zero-order valence-electron chi connectivity index (χ0n) is 13.3. The van der Waals surface area contributed by atoms with Gasteiger partial charge < -0.3 is 15.7 Å². The fourth-order valence-corrected chi connectivity index (χ4v) is 2.97. The minimum atomic E-state index is -1.17. The lowest BCUT2D eigenvalue weighted by Crippen LogP contribution is -2.55. The van der Waals surface area contributed by atoms with E-state index in [0.717, 1.165) is 19.3 Å². The van der Waals surface area contributed by atoms with Gasteiger partial charge in [-0.2, -0.15) is 0 Å². The molecule has 1 aromatic carbocycles. The molecule has 0 radical (unpaired) electrons. The van der Waals surface area contributed by atoms with Gasteiger partial charge in [0, 0.05) is 19.0 Å². The number of nitro benzene ring substituents is 1. The van der Waals surface area contributed by atoms with E-state index in [9.17, 15) is 24.8 Å². The van der Waals surface area contributed by atoms with Crippen molar-refractivity contribution in [1.82, 2.24) is 5.32 Å². The number of anilines is 1. The molecule has 1 amide bonds. The van der Waals surface area contributed by atoms with Gasteiger partial charge in [-0.05, 0) is 18.9 Å². The van der Waals surface area contributed by atoms with Crippen LogP contribution in [0.4, 0.5) is 11.4 Å². The summed E-state index contributed by atoms with van der Waals surface area (Å²) in [6.45, 7) is 0.187. The zero-order valence-corrected chi connectivity index (χ0v) is 13.3. The third-order valence-corrected chi connectivity index (χ3v) is 4.26. The van der Waals surface area contributed by atoms with E-state index in [4.69, 9.17) is 0 Å². The van der Waals surface area contributed by atoms with E-state index in [1.165, 1.54) is 6.07 Å². The normalized spacial score (nSPS) is 16.2. The van der Waals surface area contributed by atoms with E-state index in [2.05, 4.69) is 10.6 Å². The van der Waals surface area contributed by atoms with E-state index >= 15 is 0 Å². The number of carboxylic acid groups (broad SMARTS) is 1. The molecule has 3 N–H and O–H groups in total. The van der Waals surface area contributed by atoms with Crippen LogP contribution in [0.1, 0.15) is 38.5 Å². The third kappa shape index (κ3) is 4.21. The first-order valence-electron chi connectivity index (χ1n) is 7.96. The van der Waals surface area contributed by atoms with Gasteiger partial charge in [-0.1, -0.05) is 31.4 Å². The molecule has 0 unspecified atom stereocenters. The lowest BCUT2D eigenvalue weighted by molar-refractivity contribution is -0.384. The summed E-state index contributed by atoms with van der Waals surface area (Å²) in [5.41, 5.74) is -0.901. The predicted molar refractivity (Wildman–Crippen MR) is 87.8 cm³/mol. The van der Waals surface area contributed by atoms with Crippen molar-refractivity contribution < 1.29 is 19.6 Å². The summed E-state index contributed by atoms with van der Waals surface area (Å²) < 4.78 is 0. The lowest BCUT2D eigenvalue weighted by Gasteiger charge is -2.34. The molecule has 8 nitrogen and oxygen atoms in total. The molecular formula is C16H21N3O5. The SMILES string of the molecule is O=C(CCNc1ccccc1[N+](=O)[O-])NC1(C(=O)O)CCCCC1. The van der Waals surface area contributed by atoms with Crippen LogP contribution < -0.4 is 10.6 Å². The van der Waals surface area contributed by atoms with Crippen LogP contribution in [0.3, 0.4) is 0 Å². The van der Waals surface area contributed by atoms with Gasteiger partial charge in [0.15, 0.2) is 0 Å². The molecular weight excluding hydrogens is 314 g/mol. The number of benzene rings is 1. The highest BCUT2D eigenvalue weighted by atomic mass is 16.6. The summed E-state index contributed by atoms with van der Waals surface area (Å²) in [4.78, 5) is 34.0. The van der Waals surface area contributed by atoms with Crippen molar-refractivity contribution in [2.24, 2.45) is 0 Å². The predicted octanol–water partition coefficient (Wildman–Crippen LogP) is 2.30. The number of carbonyl (C=O) groups is 2. The van der Waals surface area contributed by atoms with Crippen molar-refractivity contribution in [2.45, 2.75) is 44.1 Å². The number of para-hydroxylation sites is 2. The quantitative estimate of drug-likeness (QED) is 0.519. The number of hydrogen-bond acceptors (Lipinski definition) is 5. The van der Waals surface area contributed by atoms with Crippen LogP contribution in [0.25, 0.3) is 0 Å². The summed E-state index contributed by atoms with van der Waals surface area (Å²) in [6, 6.07) is 6.17.